The fraction of sp³-hybridized carbons (Fsp3) is 1.00. The van der Waals surface area contributed by atoms with Gasteiger partial charge in [-0.15, -0.1) is 0 Å². The maximum atomic E-state index is 9.98. The van der Waals surface area contributed by atoms with E-state index in [1.807, 2.05) is 0 Å². The maximum Gasteiger partial charge on any atom is 0.175 e. The van der Waals surface area contributed by atoms with Gasteiger partial charge in [-0.25, -0.2) is 0 Å². The zero-order chi connectivity index (χ0) is 25.0. The van der Waals surface area contributed by atoms with E-state index in [1.54, 1.807) is 0 Å². The molecule has 0 aromatic rings. The van der Waals surface area contributed by atoms with Gasteiger partial charge in [0.1, 0.15) is 18.3 Å². The molecule has 8 nitrogen and oxygen atoms in total. The second kappa shape index (κ2) is 20.8. The van der Waals surface area contributed by atoms with Crippen LogP contribution in [0.15, 0.2) is 0 Å². The van der Waals surface area contributed by atoms with E-state index in [4.69, 9.17) is 19.9 Å². The predicted molar refractivity (Wildman–Crippen MR) is 133 cm³/mol. The standard InChI is InChI=1S/C26H53NO7/c1-2-3-4-5-6-7-8-9-10-11-12-13-14-15-16-32-19-21(17-28)20-33-26-23(27)25(31)24(30)22(18-29)34-26/h21-26,28-31H,2-20,27H2,1H3/t21-,22?,23?,24+,25-,26+/m1/s1. The van der Waals surface area contributed by atoms with E-state index in [0.29, 0.717) is 13.2 Å². The van der Waals surface area contributed by atoms with Crippen molar-refractivity contribution in [3.05, 3.63) is 0 Å². The van der Waals surface area contributed by atoms with E-state index in [9.17, 15) is 20.4 Å². The minimum absolute atomic E-state index is 0.102. The Morgan fingerprint density at radius 2 is 1.29 bits per heavy atom. The monoisotopic (exact) mass is 491 g/mol. The first-order chi connectivity index (χ1) is 16.5. The topological polar surface area (TPSA) is 135 Å². The summed E-state index contributed by atoms with van der Waals surface area (Å²) < 4.78 is 16.7. The van der Waals surface area contributed by atoms with E-state index >= 15 is 0 Å². The van der Waals surface area contributed by atoms with Crippen molar-refractivity contribution in [2.75, 3.05) is 33.0 Å². The molecule has 0 aromatic heterocycles. The highest BCUT2D eigenvalue weighted by Gasteiger charge is 2.43. The molecule has 2 unspecified atom stereocenters. The largest absolute Gasteiger partial charge is 0.396 e. The van der Waals surface area contributed by atoms with Gasteiger partial charge < -0.3 is 40.4 Å². The second-order valence-corrected chi connectivity index (χ2v) is 9.84. The highest BCUT2D eigenvalue weighted by molar-refractivity contribution is 4.91. The van der Waals surface area contributed by atoms with Gasteiger partial charge >= 0.3 is 0 Å². The van der Waals surface area contributed by atoms with Crippen molar-refractivity contribution >= 4 is 0 Å². The molecule has 0 amide bonds. The summed E-state index contributed by atoms with van der Waals surface area (Å²) in [5, 5.41) is 38.6. The van der Waals surface area contributed by atoms with Gasteiger partial charge in [-0.1, -0.05) is 90.4 Å². The van der Waals surface area contributed by atoms with Gasteiger partial charge in [-0.05, 0) is 6.42 Å². The summed E-state index contributed by atoms with van der Waals surface area (Å²) >= 11 is 0. The van der Waals surface area contributed by atoms with Gasteiger partial charge in [-0.2, -0.15) is 0 Å². The Balaban J connectivity index is 1.97. The minimum atomic E-state index is -1.26. The van der Waals surface area contributed by atoms with Gasteiger partial charge in [0.2, 0.25) is 0 Å². The average Bonchev–Trinajstić information content (AvgIpc) is 2.85. The molecular weight excluding hydrogens is 438 g/mol. The molecule has 1 aliphatic rings. The molecule has 0 aliphatic carbocycles. The van der Waals surface area contributed by atoms with Crippen LogP contribution in [0.5, 0.6) is 0 Å². The molecule has 1 fully saturated rings. The van der Waals surface area contributed by atoms with Crippen molar-refractivity contribution < 1.29 is 34.6 Å². The van der Waals surface area contributed by atoms with Crippen molar-refractivity contribution in [3.8, 4) is 0 Å². The summed E-state index contributed by atoms with van der Waals surface area (Å²) in [6.45, 7) is 2.89. The Morgan fingerprint density at radius 1 is 0.765 bits per heavy atom. The van der Waals surface area contributed by atoms with E-state index in [-0.39, 0.29) is 19.1 Å². The quantitative estimate of drug-likeness (QED) is 0.146. The van der Waals surface area contributed by atoms with Gasteiger partial charge in [0, 0.05) is 12.5 Å². The molecule has 6 N–H and O–H groups in total. The molecule has 0 bridgehead atoms. The van der Waals surface area contributed by atoms with E-state index in [1.165, 1.54) is 77.0 Å². The first-order valence-electron chi connectivity index (χ1n) is 13.7. The van der Waals surface area contributed by atoms with Crippen LogP contribution in [0.25, 0.3) is 0 Å². The minimum Gasteiger partial charge on any atom is -0.396 e. The smallest absolute Gasteiger partial charge is 0.175 e. The fourth-order valence-corrected chi connectivity index (χ4v) is 4.29. The van der Waals surface area contributed by atoms with Crippen molar-refractivity contribution in [1.82, 2.24) is 0 Å². The van der Waals surface area contributed by atoms with Crippen LogP contribution in [0.4, 0.5) is 0 Å². The first kappa shape index (κ1) is 31.7. The third-order valence-electron chi connectivity index (χ3n) is 6.68. The molecule has 0 aromatic carbocycles. The number of hydrogen-bond acceptors (Lipinski definition) is 8. The lowest BCUT2D eigenvalue weighted by Crippen LogP contribution is -2.62. The average molecular weight is 492 g/mol. The normalized spacial score (nSPS) is 26.1. The Morgan fingerprint density at radius 3 is 1.79 bits per heavy atom. The zero-order valence-electron chi connectivity index (χ0n) is 21.5. The summed E-state index contributed by atoms with van der Waals surface area (Å²) in [5.41, 5.74) is 5.86. The molecule has 34 heavy (non-hydrogen) atoms. The van der Waals surface area contributed by atoms with E-state index in [0.717, 1.165) is 12.8 Å². The Hall–Kier alpha value is -0.320. The van der Waals surface area contributed by atoms with Gasteiger partial charge in [0.15, 0.2) is 6.29 Å². The Labute approximate surface area is 207 Å². The molecule has 8 heteroatoms. The van der Waals surface area contributed by atoms with Crippen LogP contribution in [0.1, 0.15) is 96.8 Å². The first-order valence-corrected chi connectivity index (χ1v) is 13.7. The molecule has 204 valence electrons. The number of unbranched alkanes of at least 4 members (excludes halogenated alkanes) is 13. The molecule has 1 rings (SSSR count). The number of rotatable bonds is 22. The highest BCUT2D eigenvalue weighted by atomic mass is 16.7. The lowest BCUT2D eigenvalue weighted by Gasteiger charge is -2.40. The van der Waals surface area contributed by atoms with Gasteiger partial charge in [0.25, 0.3) is 0 Å². The molecule has 1 aliphatic heterocycles. The van der Waals surface area contributed by atoms with Crippen LogP contribution in [-0.4, -0.2) is 84.1 Å². The SMILES string of the molecule is CCCCCCCCCCCCCCCCOC[C@@H](CO)CO[C@H]1OC(CO)[C@H](O)[C@H](O)C1N. The number of hydrogen-bond donors (Lipinski definition) is 5. The molecular formula is C26H53NO7. The maximum absolute atomic E-state index is 9.98. The van der Waals surface area contributed by atoms with Crippen LogP contribution in [-0.2, 0) is 14.2 Å². The summed E-state index contributed by atoms with van der Waals surface area (Å²) in [6.07, 6.45) is 14.0. The summed E-state index contributed by atoms with van der Waals surface area (Å²) in [7, 11) is 0. The van der Waals surface area contributed by atoms with Crippen molar-refractivity contribution in [1.29, 1.82) is 0 Å². The fourth-order valence-electron chi connectivity index (χ4n) is 4.29. The van der Waals surface area contributed by atoms with Gasteiger partial charge in [0.05, 0.1) is 32.5 Å². The summed E-state index contributed by atoms with van der Waals surface area (Å²) in [5.74, 6) is -0.237. The number of aliphatic hydroxyl groups excluding tert-OH is 4. The molecule has 0 spiro atoms. The highest BCUT2D eigenvalue weighted by Crippen LogP contribution is 2.21. The number of aliphatic hydroxyl groups is 4. The van der Waals surface area contributed by atoms with Crippen molar-refractivity contribution in [2.45, 2.75) is 127 Å². The molecule has 1 heterocycles. The lowest BCUT2D eigenvalue weighted by molar-refractivity contribution is -0.269. The van der Waals surface area contributed by atoms with Crippen LogP contribution in [0.2, 0.25) is 0 Å². The lowest BCUT2D eigenvalue weighted by atomic mass is 9.98. The van der Waals surface area contributed by atoms with Crippen LogP contribution in [0, 0.1) is 5.92 Å². The Kier molecular flexibility index (Phi) is 19.4. The van der Waals surface area contributed by atoms with Crippen LogP contribution < -0.4 is 5.73 Å². The summed E-state index contributed by atoms with van der Waals surface area (Å²) in [4.78, 5) is 0. The molecule has 1 saturated heterocycles. The van der Waals surface area contributed by atoms with Crippen LogP contribution >= 0.6 is 0 Å². The number of ether oxygens (including phenoxy) is 3. The van der Waals surface area contributed by atoms with Crippen molar-refractivity contribution in [3.63, 3.8) is 0 Å². The predicted octanol–water partition coefficient (Wildman–Crippen LogP) is 2.88. The zero-order valence-corrected chi connectivity index (χ0v) is 21.5. The molecule has 0 saturated carbocycles. The second-order valence-electron chi connectivity index (χ2n) is 9.84. The van der Waals surface area contributed by atoms with E-state index in [2.05, 4.69) is 6.92 Å². The van der Waals surface area contributed by atoms with Crippen molar-refractivity contribution in [2.24, 2.45) is 11.7 Å². The third kappa shape index (κ3) is 13.7. The van der Waals surface area contributed by atoms with Gasteiger partial charge in [-0.3, -0.25) is 0 Å². The molecule has 6 atom stereocenters. The molecule has 0 radical (unpaired) electrons. The summed E-state index contributed by atoms with van der Waals surface area (Å²) in [6, 6.07) is -0.936. The third-order valence-corrected chi connectivity index (χ3v) is 6.68. The van der Waals surface area contributed by atoms with E-state index < -0.39 is 37.3 Å². The number of nitrogens with two attached hydrogens (primary N) is 1. The van der Waals surface area contributed by atoms with Crippen LogP contribution in [0.3, 0.4) is 0 Å². The Bertz CT molecular complexity index is 455.